The van der Waals surface area contributed by atoms with E-state index in [1.54, 1.807) is 18.2 Å². The minimum atomic E-state index is -2.19. The molecule has 5 heteroatoms. The van der Waals surface area contributed by atoms with E-state index in [2.05, 4.69) is 4.40 Å². The average Bonchev–Trinajstić information content (AvgIpc) is 2.18. The largest absolute Gasteiger partial charge is 0.464 e. The fourth-order valence-corrected chi connectivity index (χ4v) is 1.53. The van der Waals surface area contributed by atoms with Gasteiger partial charge in [-0.05, 0) is 12.1 Å². The highest BCUT2D eigenvalue weighted by atomic mass is 32.2. The van der Waals surface area contributed by atoms with Gasteiger partial charge in [0.05, 0.1) is 11.6 Å². The van der Waals surface area contributed by atoms with Gasteiger partial charge in [0.2, 0.25) is 0 Å². The van der Waals surface area contributed by atoms with Crippen molar-refractivity contribution in [1.29, 1.82) is 0 Å². The van der Waals surface area contributed by atoms with E-state index in [9.17, 15) is 4.21 Å². The number of fused-ring (bicyclic) bond motifs is 1. The predicted octanol–water partition coefficient (Wildman–Crippen LogP) is 1.47. The Morgan fingerprint density at radius 1 is 1.29 bits per heavy atom. The lowest BCUT2D eigenvalue weighted by atomic mass is 10.2. The van der Waals surface area contributed by atoms with Crippen LogP contribution in [0.1, 0.15) is 0 Å². The zero-order chi connectivity index (χ0) is 9.97. The molecule has 4 nitrogen and oxygen atoms in total. The minimum Gasteiger partial charge on any atom is -0.464 e. The number of hydrogen-bond donors (Lipinski definition) is 1. The smallest absolute Gasteiger partial charge is 0.282 e. The SMILES string of the molecule is O=S(O)N=c1ccoc2ccccc12. The van der Waals surface area contributed by atoms with E-state index in [1.165, 1.54) is 6.26 Å². The third-order valence-corrected chi connectivity index (χ3v) is 2.11. The molecule has 0 aliphatic carbocycles. The first kappa shape index (κ1) is 9.11. The van der Waals surface area contributed by atoms with Crippen LogP contribution in [-0.2, 0) is 11.3 Å². The summed E-state index contributed by atoms with van der Waals surface area (Å²) in [6, 6.07) is 8.75. The molecule has 72 valence electrons. The maximum Gasteiger partial charge on any atom is 0.282 e. The first-order chi connectivity index (χ1) is 6.77. The van der Waals surface area contributed by atoms with Crippen LogP contribution in [0, 0.1) is 0 Å². The summed E-state index contributed by atoms with van der Waals surface area (Å²) in [5, 5.41) is 1.17. The van der Waals surface area contributed by atoms with Gasteiger partial charge in [-0.2, -0.15) is 4.40 Å². The van der Waals surface area contributed by atoms with Gasteiger partial charge >= 0.3 is 0 Å². The highest BCUT2D eigenvalue weighted by Gasteiger charge is 1.96. The molecule has 1 heterocycles. The molecule has 0 spiro atoms. The molecular weight excluding hydrogens is 202 g/mol. The molecule has 0 aliphatic rings. The molecule has 0 aliphatic heterocycles. The minimum absolute atomic E-state index is 0.452. The van der Waals surface area contributed by atoms with E-state index >= 15 is 0 Å². The van der Waals surface area contributed by atoms with Gasteiger partial charge in [-0.25, -0.2) is 4.21 Å². The van der Waals surface area contributed by atoms with Crippen LogP contribution in [0.5, 0.6) is 0 Å². The van der Waals surface area contributed by atoms with Crippen LogP contribution in [0.15, 0.2) is 45.4 Å². The first-order valence-electron chi connectivity index (χ1n) is 3.89. The summed E-state index contributed by atoms with van der Waals surface area (Å²) in [6.07, 6.45) is 1.44. The number of hydrogen-bond acceptors (Lipinski definition) is 2. The van der Waals surface area contributed by atoms with Crippen molar-refractivity contribution in [3.8, 4) is 0 Å². The number of para-hydroxylation sites is 1. The van der Waals surface area contributed by atoms with Gasteiger partial charge in [-0.15, -0.1) is 0 Å². The second-order valence-electron chi connectivity index (χ2n) is 2.62. The molecule has 0 saturated heterocycles. The molecule has 0 saturated carbocycles. The van der Waals surface area contributed by atoms with E-state index in [4.69, 9.17) is 8.97 Å². The van der Waals surface area contributed by atoms with Crippen LogP contribution in [-0.4, -0.2) is 8.76 Å². The fraction of sp³-hybridized carbons (Fsp3) is 0. The van der Waals surface area contributed by atoms with Gasteiger partial charge in [0.1, 0.15) is 5.58 Å². The van der Waals surface area contributed by atoms with Crippen LogP contribution < -0.4 is 5.36 Å². The lowest BCUT2D eigenvalue weighted by Gasteiger charge is -1.94. The molecule has 1 atom stereocenters. The summed E-state index contributed by atoms with van der Waals surface area (Å²) in [5.74, 6) is 0. The van der Waals surface area contributed by atoms with Crippen molar-refractivity contribution in [1.82, 2.24) is 0 Å². The normalized spacial score (nSPS) is 14.5. The van der Waals surface area contributed by atoms with Gasteiger partial charge in [0.25, 0.3) is 11.3 Å². The molecule has 1 unspecified atom stereocenters. The lowest BCUT2D eigenvalue weighted by Crippen LogP contribution is -2.03. The summed E-state index contributed by atoms with van der Waals surface area (Å²) in [4.78, 5) is 0. The zero-order valence-electron chi connectivity index (χ0n) is 7.08. The Balaban J connectivity index is 2.84. The summed E-state index contributed by atoms with van der Waals surface area (Å²) < 4.78 is 27.9. The van der Waals surface area contributed by atoms with Crippen LogP contribution in [0.2, 0.25) is 0 Å². The molecule has 0 radical (unpaired) electrons. The second-order valence-corrected chi connectivity index (χ2v) is 3.27. The quantitative estimate of drug-likeness (QED) is 0.723. The Bertz CT molecular complexity index is 541. The van der Waals surface area contributed by atoms with Crippen LogP contribution >= 0.6 is 0 Å². The highest BCUT2D eigenvalue weighted by molar-refractivity contribution is 7.77. The van der Waals surface area contributed by atoms with Gasteiger partial charge in [-0.3, -0.25) is 4.55 Å². The Kier molecular flexibility index (Phi) is 2.43. The molecule has 2 aromatic rings. The van der Waals surface area contributed by atoms with Crippen molar-refractivity contribution in [3.63, 3.8) is 0 Å². The monoisotopic (exact) mass is 209 g/mol. The molecule has 0 bridgehead atoms. The predicted molar refractivity (Wildman–Crippen MR) is 52.5 cm³/mol. The number of nitrogens with zero attached hydrogens (tertiary/aromatic N) is 1. The van der Waals surface area contributed by atoms with Crippen LogP contribution in [0.25, 0.3) is 11.0 Å². The van der Waals surface area contributed by atoms with Crippen molar-refractivity contribution in [2.75, 3.05) is 0 Å². The van der Waals surface area contributed by atoms with Crippen molar-refractivity contribution in [2.45, 2.75) is 0 Å². The number of benzene rings is 1. The van der Waals surface area contributed by atoms with Gasteiger partial charge in [0.15, 0.2) is 0 Å². The van der Waals surface area contributed by atoms with E-state index in [0.717, 1.165) is 5.39 Å². The zero-order valence-corrected chi connectivity index (χ0v) is 7.90. The highest BCUT2D eigenvalue weighted by Crippen LogP contribution is 2.07. The summed E-state index contributed by atoms with van der Waals surface area (Å²) in [6.45, 7) is 0. The van der Waals surface area contributed by atoms with Gasteiger partial charge < -0.3 is 4.42 Å². The third-order valence-electron chi connectivity index (χ3n) is 1.76. The summed E-state index contributed by atoms with van der Waals surface area (Å²) in [5.41, 5.74) is 0.638. The van der Waals surface area contributed by atoms with E-state index in [0.29, 0.717) is 10.9 Å². The topological polar surface area (TPSA) is 62.8 Å². The standard InChI is InChI=1S/C9H7NO3S/c11-14(12)10-8-5-6-13-9-4-2-1-3-7(8)9/h1-6H,(H,11,12). The van der Waals surface area contributed by atoms with Crippen molar-refractivity contribution < 1.29 is 13.2 Å². The molecular formula is C9H7NO3S. The van der Waals surface area contributed by atoms with Crippen molar-refractivity contribution in [2.24, 2.45) is 4.40 Å². The molecule has 0 fully saturated rings. The van der Waals surface area contributed by atoms with Crippen molar-refractivity contribution in [3.05, 3.63) is 42.0 Å². The number of rotatable bonds is 1. The molecule has 1 N–H and O–H groups in total. The second kappa shape index (κ2) is 3.73. The maximum absolute atomic E-state index is 10.5. The van der Waals surface area contributed by atoms with E-state index in [1.807, 2.05) is 12.1 Å². The molecule has 0 amide bonds. The summed E-state index contributed by atoms with van der Waals surface area (Å²) in [7, 11) is 0. The Hall–Kier alpha value is -1.46. The average molecular weight is 209 g/mol. The molecule has 2 rings (SSSR count). The lowest BCUT2D eigenvalue weighted by molar-refractivity contribution is 0.565. The fourth-order valence-electron chi connectivity index (χ4n) is 1.21. The van der Waals surface area contributed by atoms with Crippen LogP contribution in [0.4, 0.5) is 0 Å². The first-order valence-corrected chi connectivity index (χ1v) is 4.96. The molecule has 1 aromatic carbocycles. The van der Waals surface area contributed by atoms with Gasteiger partial charge in [-0.1, -0.05) is 12.1 Å². The third kappa shape index (κ3) is 1.73. The van der Waals surface area contributed by atoms with E-state index in [-0.39, 0.29) is 0 Å². The van der Waals surface area contributed by atoms with Crippen LogP contribution in [0.3, 0.4) is 0 Å². The van der Waals surface area contributed by atoms with E-state index < -0.39 is 11.3 Å². The maximum atomic E-state index is 10.5. The Labute approximate surface area is 82.3 Å². The molecule has 1 aromatic heterocycles. The Morgan fingerprint density at radius 2 is 2.07 bits per heavy atom. The van der Waals surface area contributed by atoms with Crippen molar-refractivity contribution >= 4 is 22.2 Å². The van der Waals surface area contributed by atoms with Gasteiger partial charge in [0, 0.05) is 11.5 Å². The molecule has 14 heavy (non-hydrogen) atoms. The Morgan fingerprint density at radius 3 is 2.86 bits per heavy atom. The summed E-state index contributed by atoms with van der Waals surface area (Å²) >= 11 is -2.19.